The van der Waals surface area contributed by atoms with Crippen molar-refractivity contribution in [2.24, 2.45) is 0 Å². The lowest BCUT2D eigenvalue weighted by atomic mass is 10.2. The van der Waals surface area contributed by atoms with Crippen LogP contribution in [0.1, 0.15) is 10.4 Å². The Morgan fingerprint density at radius 2 is 1.63 bits per heavy atom. The molecule has 0 saturated heterocycles. The molecule has 1 N–H and O–H groups in total. The van der Waals surface area contributed by atoms with Crippen LogP contribution in [0.4, 0.5) is 5.69 Å². The first-order valence-electron chi connectivity index (χ1n) is 7.92. The summed E-state index contributed by atoms with van der Waals surface area (Å²) in [6.07, 6.45) is 0. The predicted molar refractivity (Wildman–Crippen MR) is 109 cm³/mol. The number of carbonyl (C=O) groups excluding carboxylic acids is 1. The summed E-state index contributed by atoms with van der Waals surface area (Å²) in [5.74, 6) is 0.142. The van der Waals surface area contributed by atoms with E-state index in [4.69, 9.17) is 39.2 Å². The van der Waals surface area contributed by atoms with Gasteiger partial charge in [0.25, 0.3) is 5.91 Å². The average Bonchev–Trinajstić information content (AvgIpc) is 3.05. The van der Waals surface area contributed by atoms with Gasteiger partial charge in [-0.25, -0.2) is 4.98 Å². The zero-order chi connectivity index (χ0) is 19.0. The van der Waals surface area contributed by atoms with Gasteiger partial charge in [0.2, 0.25) is 5.89 Å². The Hall–Kier alpha value is -2.53. The van der Waals surface area contributed by atoms with E-state index in [1.165, 1.54) is 0 Å². The molecule has 0 aliphatic carbocycles. The number of benzene rings is 3. The molecule has 1 aromatic heterocycles. The minimum atomic E-state index is -0.240. The number of oxazole rings is 1. The summed E-state index contributed by atoms with van der Waals surface area (Å²) in [6, 6.07) is 17.0. The molecule has 0 aliphatic heterocycles. The van der Waals surface area contributed by atoms with Gasteiger partial charge in [0.05, 0.1) is 10.6 Å². The highest BCUT2D eigenvalue weighted by Crippen LogP contribution is 2.32. The molecule has 0 spiro atoms. The molecule has 0 fully saturated rings. The number of nitrogens with one attached hydrogen (secondary N) is 1. The van der Waals surface area contributed by atoms with Crippen molar-refractivity contribution in [3.8, 4) is 11.5 Å². The van der Waals surface area contributed by atoms with E-state index in [1.54, 1.807) is 60.7 Å². The smallest absolute Gasteiger partial charge is 0.255 e. The SMILES string of the molecule is O=C(Nc1ccc2oc(-c3ccc(Cl)cc3Cl)nc2c1)c1ccc(Cl)cc1. The number of carbonyl (C=O) groups is 1. The van der Waals surface area contributed by atoms with E-state index < -0.39 is 0 Å². The maximum atomic E-state index is 12.3. The van der Waals surface area contributed by atoms with Crippen LogP contribution in [0.2, 0.25) is 15.1 Å². The highest BCUT2D eigenvalue weighted by molar-refractivity contribution is 6.36. The van der Waals surface area contributed by atoms with Gasteiger partial charge in [0, 0.05) is 21.3 Å². The molecular formula is C20H11Cl3N2O2. The van der Waals surface area contributed by atoms with Crippen molar-refractivity contribution in [3.05, 3.63) is 81.3 Å². The highest BCUT2D eigenvalue weighted by Gasteiger charge is 2.13. The van der Waals surface area contributed by atoms with Crippen LogP contribution in [-0.4, -0.2) is 10.9 Å². The largest absolute Gasteiger partial charge is 0.436 e. The van der Waals surface area contributed by atoms with Crippen LogP contribution >= 0.6 is 34.8 Å². The fourth-order valence-corrected chi connectivity index (χ4v) is 3.20. The highest BCUT2D eigenvalue weighted by atomic mass is 35.5. The summed E-state index contributed by atoms with van der Waals surface area (Å²) >= 11 is 18.0. The summed E-state index contributed by atoms with van der Waals surface area (Å²) in [7, 11) is 0. The van der Waals surface area contributed by atoms with E-state index in [0.29, 0.717) is 48.9 Å². The molecule has 7 heteroatoms. The summed E-state index contributed by atoms with van der Waals surface area (Å²) < 4.78 is 5.77. The second-order valence-corrected chi connectivity index (χ2v) is 7.07. The Morgan fingerprint density at radius 3 is 2.37 bits per heavy atom. The second-order valence-electron chi connectivity index (χ2n) is 5.79. The Labute approximate surface area is 169 Å². The van der Waals surface area contributed by atoms with Crippen molar-refractivity contribution in [1.82, 2.24) is 4.98 Å². The van der Waals surface area contributed by atoms with E-state index in [0.717, 1.165) is 0 Å². The molecular weight excluding hydrogens is 407 g/mol. The molecule has 0 unspecified atom stereocenters. The molecule has 1 heterocycles. The van der Waals surface area contributed by atoms with Crippen molar-refractivity contribution in [2.75, 3.05) is 5.32 Å². The van der Waals surface area contributed by atoms with Crippen molar-refractivity contribution >= 4 is 57.5 Å². The van der Waals surface area contributed by atoms with E-state index >= 15 is 0 Å². The zero-order valence-electron chi connectivity index (χ0n) is 13.7. The molecule has 4 aromatic rings. The molecule has 134 valence electrons. The number of hydrogen-bond acceptors (Lipinski definition) is 3. The third kappa shape index (κ3) is 3.78. The van der Waals surface area contributed by atoms with Crippen LogP contribution < -0.4 is 5.32 Å². The zero-order valence-corrected chi connectivity index (χ0v) is 15.9. The predicted octanol–water partition coefficient (Wildman–Crippen LogP) is 6.71. The molecule has 0 aliphatic rings. The number of aromatic nitrogens is 1. The fraction of sp³-hybridized carbons (Fsp3) is 0. The van der Waals surface area contributed by atoms with Gasteiger partial charge < -0.3 is 9.73 Å². The first-order valence-corrected chi connectivity index (χ1v) is 9.06. The summed E-state index contributed by atoms with van der Waals surface area (Å²) in [5.41, 5.74) is 2.94. The molecule has 0 bridgehead atoms. The number of anilines is 1. The second kappa shape index (κ2) is 7.24. The summed E-state index contributed by atoms with van der Waals surface area (Å²) in [5, 5.41) is 4.39. The topological polar surface area (TPSA) is 55.1 Å². The fourth-order valence-electron chi connectivity index (χ4n) is 2.59. The van der Waals surface area contributed by atoms with Gasteiger partial charge in [-0.3, -0.25) is 4.79 Å². The van der Waals surface area contributed by atoms with Gasteiger partial charge >= 0.3 is 0 Å². The number of halogens is 3. The number of nitrogens with zero attached hydrogens (tertiary/aromatic N) is 1. The maximum absolute atomic E-state index is 12.3. The van der Waals surface area contributed by atoms with Gasteiger partial charge in [0.15, 0.2) is 5.58 Å². The lowest BCUT2D eigenvalue weighted by Gasteiger charge is -2.05. The Kier molecular flexibility index (Phi) is 4.79. The molecule has 0 atom stereocenters. The quantitative estimate of drug-likeness (QED) is 0.403. The van der Waals surface area contributed by atoms with Crippen LogP contribution in [0.5, 0.6) is 0 Å². The van der Waals surface area contributed by atoms with Crippen LogP contribution in [0, 0.1) is 0 Å². The van der Waals surface area contributed by atoms with Gasteiger partial charge in [-0.1, -0.05) is 34.8 Å². The number of amides is 1. The monoisotopic (exact) mass is 416 g/mol. The van der Waals surface area contributed by atoms with Gasteiger partial charge in [-0.2, -0.15) is 0 Å². The molecule has 4 rings (SSSR count). The molecule has 1 amide bonds. The molecule has 4 nitrogen and oxygen atoms in total. The van der Waals surface area contributed by atoms with Crippen LogP contribution in [0.3, 0.4) is 0 Å². The number of rotatable bonds is 3. The first kappa shape index (κ1) is 17.9. The lowest BCUT2D eigenvalue weighted by molar-refractivity contribution is 0.102. The third-order valence-corrected chi connectivity index (χ3v) is 4.71. The molecule has 3 aromatic carbocycles. The number of fused-ring (bicyclic) bond motifs is 1. The number of hydrogen-bond donors (Lipinski definition) is 1. The minimum Gasteiger partial charge on any atom is -0.436 e. The molecule has 27 heavy (non-hydrogen) atoms. The summed E-state index contributed by atoms with van der Waals surface area (Å²) in [4.78, 5) is 16.8. The van der Waals surface area contributed by atoms with Gasteiger partial charge in [0.1, 0.15) is 5.52 Å². The average molecular weight is 418 g/mol. The van der Waals surface area contributed by atoms with E-state index in [9.17, 15) is 4.79 Å². The molecule has 0 radical (unpaired) electrons. The van der Waals surface area contributed by atoms with Gasteiger partial charge in [-0.05, 0) is 60.7 Å². The van der Waals surface area contributed by atoms with Crippen LogP contribution in [-0.2, 0) is 0 Å². The first-order chi connectivity index (χ1) is 13.0. The van der Waals surface area contributed by atoms with E-state index in [-0.39, 0.29) is 5.91 Å². The van der Waals surface area contributed by atoms with Gasteiger partial charge in [-0.15, -0.1) is 0 Å². The lowest BCUT2D eigenvalue weighted by Crippen LogP contribution is -2.11. The normalized spacial score (nSPS) is 10.9. The maximum Gasteiger partial charge on any atom is 0.255 e. The standard InChI is InChI=1S/C20H11Cl3N2O2/c21-12-3-1-11(2-4-12)19(26)24-14-6-8-18-17(10-14)25-20(27-18)15-7-5-13(22)9-16(15)23/h1-10H,(H,24,26). The summed E-state index contributed by atoms with van der Waals surface area (Å²) in [6.45, 7) is 0. The van der Waals surface area contributed by atoms with E-state index in [2.05, 4.69) is 10.3 Å². The van der Waals surface area contributed by atoms with E-state index in [1.807, 2.05) is 0 Å². The van der Waals surface area contributed by atoms with Crippen molar-refractivity contribution < 1.29 is 9.21 Å². The Bertz CT molecular complexity index is 1150. The van der Waals surface area contributed by atoms with Crippen molar-refractivity contribution in [3.63, 3.8) is 0 Å². The minimum absolute atomic E-state index is 0.240. The Balaban J connectivity index is 1.62. The van der Waals surface area contributed by atoms with Crippen LogP contribution in [0.25, 0.3) is 22.6 Å². The third-order valence-electron chi connectivity index (χ3n) is 3.91. The molecule has 0 saturated carbocycles. The Morgan fingerprint density at radius 1 is 0.889 bits per heavy atom. The van der Waals surface area contributed by atoms with Crippen molar-refractivity contribution in [2.45, 2.75) is 0 Å². The van der Waals surface area contributed by atoms with Crippen LogP contribution in [0.15, 0.2) is 65.1 Å². The van der Waals surface area contributed by atoms with Crippen molar-refractivity contribution in [1.29, 1.82) is 0 Å².